The molecule has 6 heteroatoms. The van der Waals surface area contributed by atoms with E-state index in [-0.39, 0.29) is 18.3 Å². The van der Waals surface area contributed by atoms with E-state index in [1.165, 1.54) is 0 Å². The molecule has 0 bridgehead atoms. The predicted octanol–water partition coefficient (Wildman–Crippen LogP) is 3.68. The number of unbranched alkanes of at least 4 members (excludes halogenated alkanes) is 1. The Labute approximate surface area is 155 Å². The number of aromatic nitrogens is 2. The van der Waals surface area contributed by atoms with E-state index in [1.54, 1.807) is 0 Å². The summed E-state index contributed by atoms with van der Waals surface area (Å²) in [5.41, 5.74) is 1.46. The number of piperidine rings is 1. The third-order valence-electron chi connectivity index (χ3n) is 4.52. The molecule has 25 heavy (non-hydrogen) atoms. The van der Waals surface area contributed by atoms with Crippen LogP contribution in [0.15, 0.2) is 42.6 Å². The Morgan fingerprint density at radius 1 is 1.32 bits per heavy atom. The van der Waals surface area contributed by atoms with Gasteiger partial charge in [0.1, 0.15) is 0 Å². The fourth-order valence-corrected chi connectivity index (χ4v) is 3.13. The number of anilines is 1. The van der Waals surface area contributed by atoms with Crippen LogP contribution in [0.5, 0.6) is 0 Å². The van der Waals surface area contributed by atoms with Crippen molar-refractivity contribution in [2.24, 2.45) is 0 Å². The zero-order chi connectivity index (χ0) is 16.8. The Kier molecular flexibility index (Phi) is 7.47. The van der Waals surface area contributed by atoms with Crippen LogP contribution in [0.25, 0.3) is 0 Å². The topological polar surface area (TPSA) is 50.2 Å². The molecule has 1 aliphatic rings. The van der Waals surface area contributed by atoms with Crippen LogP contribution < -0.4 is 10.2 Å². The molecule has 1 saturated heterocycles. The van der Waals surface area contributed by atoms with Gasteiger partial charge in [0.25, 0.3) is 5.91 Å². The lowest BCUT2D eigenvalue weighted by atomic mass is 10.1. The minimum Gasteiger partial charge on any atom is -0.315 e. The molecular weight excluding hydrogens is 336 g/mol. The van der Waals surface area contributed by atoms with Crippen LogP contribution in [0.2, 0.25) is 0 Å². The van der Waals surface area contributed by atoms with Crippen LogP contribution >= 0.6 is 12.4 Å². The van der Waals surface area contributed by atoms with Gasteiger partial charge in [0, 0.05) is 25.0 Å². The molecule has 1 unspecified atom stereocenters. The van der Waals surface area contributed by atoms with Crippen molar-refractivity contribution < 1.29 is 4.79 Å². The van der Waals surface area contributed by atoms with E-state index in [1.807, 2.05) is 52.2 Å². The normalized spacial score (nSPS) is 16.9. The average molecular weight is 363 g/mol. The minimum absolute atomic E-state index is 0. The van der Waals surface area contributed by atoms with E-state index in [2.05, 4.69) is 17.3 Å². The van der Waals surface area contributed by atoms with Gasteiger partial charge in [0.15, 0.2) is 5.69 Å². The number of nitrogens with zero attached hydrogens (tertiary/aromatic N) is 3. The van der Waals surface area contributed by atoms with Crippen molar-refractivity contribution in [1.29, 1.82) is 0 Å². The van der Waals surface area contributed by atoms with Gasteiger partial charge in [-0.05, 0) is 44.0 Å². The van der Waals surface area contributed by atoms with Gasteiger partial charge in [0.2, 0.25) is 0 Å². The summed E-state index contributed by atoms with van der Waals surface area (Å²) < 4.78 is 1.95. The molecule has 136 valence electrons. The Hall–Kier alpha value is -1.85. The number of hydrogen-bond donors (Lipinski definition) is 1. The molecule has 1 N–H and O–H groups in total. The second-order valence-electron chi connectivity index (χ2n) is 6.33. The molecule has 2 aromatic rings. The Morgan fingerprint density at radius 3 is 2.80 bits per heavy atom. The average Bonchev–Trinajstić information content (AvgIpc) is 3.14. The van der Waals surface area contributed by atoms with Gasteiger partial charge in [0.05, 0.1) is 6.04 Å². The standard InChI is InChI=1S/C19H26N4O.ClH/c1-2-3-13-22(16-8-5-4-6-9-16)19(24)18-11-14-23(21-18)17-10-7-12-20-15-17;/h4-6,8-9,11,14,17,20H,2-3,7,10,12-13,15H2,1H3;1H. The number of nitrogens with one attached hydrogen (secondary N) is 1. The molecule has 5 nitrogen and oxygen atoms in total. The molecule has 2 heterocycles. The highest BCUT2D eigenvalue weighted by Crippen LogP contribution is 2.19. The molecule has 0 saturated carbocycles. The molecule has 1 aromatic heterocycles. The lowest BCUT2D eigenvalue weighted by Crippen LogP contribution is -2.33. The zero-order valence-corrected chi connectivity index (χ0v) is 15.5. The zero-order valence-electron chi connectivity index (χ0n) is 14.7. The fourth-order valence-electron chi connectivity index (χ4n) is 3.13. The Morgan fingerprint density at radius 2 is 2.12 bits per heavy atom. The molecule has 1 fully saturated rings. The van der Waals surface area contributed by atoms with Gasteiger partial charge < -0.3 is 10.2 Å². The Bertz CT molecular complexity index is 652. The maximum Gasteiger partial charge on any atom is 0.278 e. The van der Waals surface area contributed by atoms with Crippen LogP contribution in [0, 0.1) is 0 Å². The third-order valence-corrected chi connectivity index (χ3v) is 4.52. The molecule has 0 radical (unpaired) electrons. The largest absolute Gasteiger partial charge is 0.315 e. The number of para-hydroxylation sites is 1. The van der Waals surface area contributed by atoms with Gasteiger partial charge in [-0.2, -0.15) is 5.10 Å². The predicted molar refractivity (Wildman–Crippen MR) is 104 cm³/mol. The summed E-state index contributed by atoms with van der Waals surface area (Å²) in [6.45, 7) is 4.85. The third kappa shape index (κ3) is 4.83. The highest BCUT2D eigenvalue weighted by molar-refractivity contribution is 6.04. The maximum absolute atomic E-state index is 13.0. The second kappa shape index (κ2) is 9.59. The van der Waals surface area contributed by atoms with Crippen LogP contribution in [0.3, 0.4) is 0 Å². The minimum atomic E-state index is -0.0165. The lowest BCUT2D eigenvalue weighted by molar-refractivity contribution is 0.0980. The summed E-state index contributed by atoms with van der Waals surface area (Å²) in [6.07, 6.45) is 6.24. The fraction of sp³-hybridized carbons (Fsp3) is 0.474. The highest BCUT2D eigenvalue weighted by atomic mass is 35.5. The van der Waals surface area contributed by atoms with Gasteiger partial charge in [-0.25, -0.2) is 0 Å². The van der Waals surface area contributed by atoms with E-state index < -0.39 is 0 Å². The van der Waals surface area contributed by atoms with E-state index in [4.69, 9.17) is 0 Å². The van der Waals surface area contributed by atoms with Crippen LogP contribution in [0.1, 0.15) is 49.1 Å². The van der Waals surface area contributed by atoms with E-state index >= 15 is 0 Å². The monoisotopic (exact) mass is 362 g/mol. The van der Waals surface area contributed by atoms with E-state index in [0.717, 1.165) is 51.0 Å². The molecule has 3 rings (SSSR count). The quantitative estimate of drug-likeness (QED) is 0.852. The number of hydrogen-bond acceptors (Lipinski definition) is 3. The highest BCUT2D eigenvalue weighted by Gasteiger charge is 2.22. The van der Waals surface area contributed by atoms with Crippen molar-refractivity contribution in [1.82, 2.24) is 15.1 Å². The molecule has 0 aliphatic carbocycles. The lowest BCUT2D eigenvalue weighted by Gasteiger charge is -2.23. The van der Waals surface area contributed by atoms with Gasteiger partial charge >= 0.3 is 0 Å². The Balaban J connectivity index is 0.00000225. The number of carbonyl (C=O) groups is 1. The molecule has 1 aliphatic heterocycles. The first kappa shape index (κ1) is 19.5. The number of rotatable bonds is 6. The number of amides is 1. The molecule has 1 amide bonds. The van der Waals surface area contributed by atoms with Crippen LogP contribution in [0.4, 0.5) is 5.69 Å². The number of halogens is 1. The van der Waals surface area contributed by atoms with Crippen molar-refractivity contribution in [3.05, 3.63) is 48.3 Å². The van der Waals surface area contributed by atoms with Crippen molar-refractivity contribution in [3.63, 3.8) is 0 Å². The summed E-state index contributed by atoms with van der Waals surface area (Å²) in [7, 11) is 0. The van der Waals surface area contributed by atoms with Crippen molar-refractivity contribution in [2.45, 2.75) is 38.6 Å². The smallest absolute Gasteiger partial charge is 0.278 e. The SMILES string of the molecule is CCCCN(C(=O)c1ccn(C2CCCNC2)n1)c1ccccc1.Cl. The van der Waals surface area contributed by atoms with E-state index in [0.29, 0.717) is 11.7 Å². The summed E-state index contributed by atoms with van der Waals surface area (Å²) in [5.74, 6) is -0.0165. The number of benzene rings is 1. The molecular formula is C19H27ClN4O. The first-order chi connectivity index (χ1) is 11.8. The molecule has 0 spiro atoms. The van der Waals surface area contributed by atoms with Gasteiger partial charge in [-0.3, -0.25) is 9.48 Å². The van der Waals surface area contributed by atoms with Gasteiger partial charge in [-0.15, -0.1) is 12.4 Å². The van der Waals surface area contributed by atoms with Crippen molar-refractivity contribution in [3.8, 4) is 0 Å². The summed E-state index contributed by atoms with van der Waals surface area (Å²) in [5, 5.41) is 7.97. The van der Waals surface area contributed by atoms with Crippen molar-refractivity contribution in [2.75, 3.05) is 24.5 Å². The maximum atomic E-state index is 13.0. The summed E-state index contributed by atoms with van der Waals surface area (Å²) >= 11 is 0. The van der Waals surface area contributed by atoms with E-state index in [9.17, 15) is 4.79 Å². The molecule has 1 atom stereocenters. The first-order valence-corrected chi connectivity index (χ1v) is 8.92. The van der Waals surface area contributed by atoms with Crippen molar-refractivity contribution >= 4 is 24.0 Å². The number of carbonyl (C=O) groups excluding carboxylic acids is 1. The van der Waals surface area contributed by atoms with Gasteiger partial charge in [-0.1, -0.05) is 31.5 Å². The summed E-state index contributed by atoms with van der Waals surface area (Å²) in [4.78, 5) is 14.8. The van der Waals surface area contributed by atoms with Crippen LogP contribution in [-0.2, 0) is 0 Å². The second-order valence-corrected chi connectivity index (χ2v) is 6.33. The molecule has 1 aromatic carbocycles. The summed E-state index contributed by atoms with van der Waals surface area (Å²) in [6, 6.07) is 12.1. The van der Waals surface area contributed by atoms with Crippen LogP contribution in [-0.4, -0.2) is 35.3 Å². The first-order valence-electron chi connectivity index (χ1n) is 8.92.